The summed E-state index contributed by atoms with van der Waals surface area (Å²) in [6, 6.07) is 9.55. The molecule has 1 heterocycles. The van der Waals surface area contributed by atoms with Gasteiger partial charge in [-0.15, -0.1) is 0 Å². The summed E-state index contributed by atoms with van der Waals surface area (Å²) in [4.78, 5) is 35.0. The third-order valence-electron chi connectivity index (χ3n) is 4.42. The van der Waals surface area contributed by atoms with Crippen molar-refractivity contribution in [1.29, 1.82) is 0 Å². The lowest BCUT2D eigenvalue weighted by Crippen LogP contribution is -2.42. The largest absolute Gasteiger partial charge is 0.381 e. The van der Waals surface area contributed by atoms with Gasteiger partial charge in [0, 0.05) is 32.5 Å². The van der Waals surface area contributed by atoms with E-state index in [1.54, 1.807) is 0 Å². The van der Waals surface area contributed by atoms with Crippen LogP contribution < -0.4 is 16.0 Å². The van der Waals surface area contributed by atoms with Crippen LogP contribution in [0.4, 0.5) is 0 Å². The average molecular weight is 347 g/mol. The van der Waals surface area contributed by atoms with E-state index in [4.69, 9.17) is 4.74 Å². The van der Waals surface area contributed by atoms with Crippen LogP contribution >= 0.6 is 0 Å². The molecule has 0 saturated carbocycles. The van der Waals surface area contributed by atoms with E-state index in [1.165, 1.54) is 7.05 Å². The molecule has 1 saturated heterocycles. The van der Waals surface area contributed by atoms with Crippen LogP contribution in [0.1, 0.15) is 24.4 Å². The molecule has 0 spiro atoms. The van der Waals surface area contributed by atoms with Crippen LogP contribution in [0.3, 0.4) is 0 Å². The van der Waals surface area contributed by atoms with E-state index in [0.717, 1.165) is 12.0 Å². The summed E-state index contributed by atoms with van der Waals surface area (Å²) in [6.07, 6.45) is 1.42. The summed E-state index contributed by atoms with van der Waals surface area (Å²) in [7, 11) is 1.52. The highest BCUT2D eigenvalue weighted by Gasteiger charge is 2.31. The van der Waals surface area contributed by atoms with Crippen molar-refractivity contribution in [2.75, 3.05) is 26.8 Å². The van der Waals surface area contributed by atoms with Gasteiger partial charge >= 0.3 is 0 Å². The lowest BCUT2D eigenvalue weighted by molar-refractivity contribution is -0.131. The molecule has 0 aromatic heterocycles. The van der Waals surface area contributed by atoms with Crippen LogP contribution in [0.25, 0.3) is 0 Å². The molecule has 7 nitrogen and oxygen atoms in total. The van der Waals surface area contributed by atoms with Crippen LogP contribution in [-0.2, 0) is 19.1 Å². The zero-order valence-electron chi connectivity index (χ0n) is 14.4. The highest BCUT2D eigenvalue weighted by Crippen LogP contribution is 2.29. The summed E-state index contributed by atoms with van der Waals surface area (Å²) in [5.74, 6) is -0.934. The number of nitrogens with one attached hydrogen (secondary N) is 3. The monoisotopic (exact) mass is 347 g/mol. The molecule has 1 aliphatic heterocycles. The summed E-state index contributed by atoms with van der Waals surface area (Å²) < 4.78 is 5.47. The van der Waals surface area contributed by atoms with Crippen LogP contribution in [0, 0.1) is 11.8 Å². The molecule has 0 bridgehead atoms. The predicted octanol–water partition coefficient (Wildman–Crippen LogP) is 0.379. The van der Waals surface area contributed by atoms with Gasteiger partial charge in [0.05, 0.1) is 18.6 Å². The Balaban J connectivity index is 2.12. The number of rotatable bonds is 9. The summed E-state index contributed by atoms with van der Waals surface area (Å²) in [5.41, 5.74) is 1.01. The molecule has 7 heteroatoms. The van der Waals surface area contributed by atoms with Gasteiger partial charge in [-0.1, -0.05) is 30.3 Å². The van der Waals surface area contributed by atoms with Crippen LogP contribution in [0.2, 0.25) is 0 Å². The molecule has 136 valence electrons. The molecule has 2 rings (SSSR count). The zero-order valence-corrected chi connectivity index (χ0v) is 14.4. The second-order valence-electron chi connectivity index (χ2n) is 6.12. The molecule has 0 aliphatic carbocycles. The molecule has 1 aromatic carbocycles. The third kappa shape index (κ3) is 5.56. The van der Waals surface area contributed by atoms with Crippen molar-refractivity contribution in [3.05, 3.63) is 35.9 Å². The van der Waals surface area contributed by atoms with Gasteiger partial charge < -0.3 is 20.7 Å². The van der Waals surface area contributed by atoms with Crippen molar-refractivity contribution in [1.82, 2.24) is 16.0 Å². The van der Waals surface area contributed by atoms with Gasteiger partial charge in [-0.3, -0.25) is 14.4 Å². The van der Waals surface area contributed by atoms with Crippen molar-refractivity contribution in [2.45, 2.75) is 18.9 Å². The number of carbonyl (C=O) groups excluding carboxylic acids is 3. The molecule has 3 N–H and O–H groups in total. The Morgan fingerprint density at radius 2 is 2.08 bits per heavy atom. The van der Waals surface area contributed by atoms with Gasteiger partial charge in [0.15, 0.2) is 0 Å². The van der Waals surface area contributed by atoms with Crippen LogP contribution in [-0.4, -0.2) is 45.0 Å². The lowest BCUT2D eigenvalue weighted by atomic mass is 9.91. The average Bonchev–Trinajstić information content (AvgIpc) is 3.17. The Morgan fingerprint density at radius 3 is 2.68 bits per heavy atom. The summed E-state index contributed by atoms with van der Waals surface area (Å²) in [6.45, 7) is 1.39. The predicted molar refractivity (Wildman–Crippen MR) is 92.5 cm³/mol. The molecule has 1 fully saturated rings. The van der Waals surface area contributed by atoms with Crippen LogP contribution in [0.5, 0.6) is 0 Å². The second kappa shape index (κ2) is 9.78. The SMILES string of the molecule is CNC(=O)CC(CNC=O)C(=O)NC(c1ccccc1)C1CCOC1. The van der Waals surface area contributed by atoms with Crippen molar-refractivity contribution < 1.29 is 19.1 Å². The normalized spacial score (nSPS) is 18.8. The molecule has 3 unspecified atom stereocenters. The Hall–Kier alpha value is -2.41. The number of ether oxygens (including phenoxy) is 1. The van der Waals surface area contributed by atoms with E-state index in [1.807, 2.05) is 30.3 Å². The van der Waals surface area contributed by atoms with E-state index >= 15 is 0 Å². The third-order valence-corrected chi connectivity index (χ3v) is 4.42. The Bertz CT molecular complexity index is 573. The highest BCUT2D eigenvalue weighted by atomic mass is 16.5. The molecule has 1 aliphatic rings. The topological polar surface area (TPSA) is 96.5 Å². The van der Waals surface area contributed by atoms with E-state index in [2.05, 4.69) is 16.0 Å². The van der Waals surface area contributed by atoms with Gasteiger partial charge in [0.25, 0.3) is 0 Å². The second-order valence-corrected chi connectivity index (χ2v) is 6.12. The van der Waals surface area contributed by atoms with Crippen molar-refractivity contribution in [3.8, 4) is 0 Å². The van der Waals surface area contributed by atoms with E-state index in [0.29, 0.717) is 19.6 Å². The first kappa shape index (κ1) is 18.9. The highest BCUT2D eigenvalue weighted by molar-refractivity contribution is 5.86. The van der Waals surface area contributed by atoms with Gasteiger partial charge in [0.1, 0.15) is 0 Å². The van der Waals surface area contributed by atoms with Gasteiger partial charge in [-0.25, -0.2) is 0 Å². The molecule has 3 amide bonds. The number of amides is 3. The molecule has 25 heavy (non-hydrogen) atoms. The quantitative estimate of drug-likeness (QED) is 0.563. The minimum atomic E-state index is -0.626. The Kier molecular flexibility index (Phi) is 7.40. The standard InChI is InChI=1S/C18H25N3O4/c1-19-16(23)9-15(10-20-12-22)18(24)21-17(14-7-8-25-11-14)13-5-3-2-4-6-13/h2-6,12,14-15,17H,7-11H2,1H3,(H,19,23)(H,20,22)(H,21,24). The number of hydrogen-bond donors (Lipinski definition) is 3. The Morgan fingerprint density at radius 1 is 1.32 bits per heavy atom. The minimum absolute atomic E-state index is 0.0197. The maximum absolute atomic E-state index is 12.8. The first-order chi connectivity index (χ1) is 12.2. The fraction of sp³-hybridized carbons (Fsp3) is 0.500. The fourth-order valence-corrected chi connectivity index (χ4v) is 2.99. The molecular formula is C18H25N3O4. The maximum Gasteiger partial charge on any atom is 0.225 e. The summed E-state index contributed by atoms with van der Waals surface area (Å²) in [5, 5.41) is 8.07. The van der Waals surface area contributed by atoms with Crippen LogP contribution in [0.15, 0.2) is 30.3 Å². The smallest absolute Gasteiger partial charge is 0.225 e. The zero-order chi connectivity index (χ0) is 18.1. The molecule has 1 aromatic rings. The van der Waals surface area contributed by atoms with Crippen molar-refractivity contribution >= 4 is 18.2 Å². The molecule has 0 radical (unpaired) electrons. The van der Waals surface area contributed by atoms with E-state index < -0.39 is 5.92 Å². The number of hydrogen-bond acceptors (Lipinski definition) is 4. The van der Waals surface area contributed by atoms with E-state index in [9.17, 15) is 14.4 Å². The van der Waals surface area contributed by atoms with Crippen molar-refractivity contribution in [2.24, 2.45) is 11.8 Å². The lowest BCUT2D eigenvalue weighted by Gasteiger charge is -2.26. The minimum Gasteiger partial charge on any atom is -0.381 e. The number of benzene rings is 1. The summed E-state index contributed by atoms with van der Waals surface area (Å²) >= 11 is 0. The molecular weight excluding hydrogens is 322 g/mol. The Labute approximate surface area is 147 Å². The van der Waals surface area contributed by atoms with E-state index in [-0.39, 0.29) is 36.7 Å². The van der Waals surface area contributed by atoms with Gasteiger partial charge in [-0.2, -0.15) is 0 Å². The van der Waals surface area contributed by atoms with Gasteiger partial charge in [0.2, 0.25) is 18.2 Å². The fourth-order valence-electron chi connectivity index (χ4n) is 2.99. The molecule has 3 atom stereocenters. The maximum atomic E-state index is 12.8. The van der Waals surface area contributed by atoms with Crippen molar-refractivity contribution in [3.63, 3.8) is 0 Å². The first-order valence-corrected chi connectivity index (χ1v) is 8.46. The first-order valence-electron chi connectivity index (χ1n) is 8.46. The van der Waals surface area contributed by atoms with Gasteiger partial charge in [-0.05, 0) is 12.0 Å². The number of carbonyl (C=O) groups is 3.